The van der Waals surface area contributed by atoms with E-state index in [1.165, 1.54) is 0 Å². The van der Waals surface area contributed by atoms with E-state index in [1.54, 1.807) is 0 Å². The van der Waals surface area contributed by atoms with Crippen molar-refractivity contribution >= 4 is 7.82 Å². The minimum atomic E-state index is -4.64. The molecule has 0 unspecified atom stereocenters. The van der Waals surface area contributed by atoms with E-state index in [9.17, 15) is 0 Å². The largest absolute Gasteiger partial charge is 2.00 e. The average molecular weight is 163 g/mol. The Labute approximate surface area is 47.2 Å². The molecule has 0 amide bonds. The van der Waals surface area contributed by atoms with E-state index in [2.05, 4.69) is 0 Å². The van der Waals surface area contributed by atoms with Crippen LogP contribution < -0.4 is 0 Å². The molecule has 3 N–H and O–H groups in total. The molecule has 0 saturated heterocycles. The van der Waals surface area contributed by atoms with Crippen molar-refractivity contribution in [3.05, 3.63) is 0 Å². The van der Waals surface area contributed by atoms with Gasteiger partial charge < -0.3 is 14.7 Å². The first-order chi connectivity index (χ1) is 2.00. The zero-order valence-electron chi connectivity index (χ0n) is 2.90. The Morgan fingerprint density at radius 2 is 1.17 bits per heavy atom. The molecule has 6 heavy (non-hydrogen) atoms. The number of hydrogen-bond donors (Lipinski definition) is 3. The van der Waals surface area contributed by atoms with Crippen molar-refractivity contribution in [2.45, 2.75) is 0 Å². The normalized spacial score (nSPS) is 9.83. The van der Waals surface area contributed by atoms with Crippen LogP contribution in [0.25, 0.3) is 0 Å². The Bertz CT molecular complexity index is 53.7. The molecule has 0 fully saturated rings. The average Bonchev–Trinajstić information content (AvgIpc) is 0.722. The molecule has 0 aliphatic heterocycles. The monoisotopic (exact) mass is 162 g/mol. The molecule has 0 radical (unpaired) electrons. The summed E-state index contributed by atoms with van der Waals surface area (Å²) in [4.78, 5) is 21.6. The topological polar surface area (TPSA) is 77.8 Å². The predicted molar refractivity (Wildman–Crippen MR) is 14.3 cm³/mol. The van der Waals surface area contributed by atoms with Crippen LogP contribution in [0.3, 0.4) is 0 Å². The second kappa shape index (κ2) is 2.83. The molecule has 0 aromatic rings. The molecule has 32 valence electrons. The first-order valence-electron chi connectivity index (χ1n) is 0.783. The molecule has 6 heteroatoms. The molecular formula is H3O4PZn+2. The smallest absolute Gasteiger partial charge is 0.303 e. The van der Waals surface area contributed by atoms with E-state index in [4.69, 9.17) is 19.2 Å². The maximum absolute atomic E-state index is 8.88. The molecular weight excluding hydrogens is 160 g/mol. The van der Waals surface area contributed by atoms with Gasteiger partial charge in [-0.1, -0.05) is 0 Å². The molecule has 0 atom stereocenters. The molecule has 4 nitrogen and oxygen atoms in total. The minimum absolute atomic E-state index is 0. The van der Waals surface area contributed by atoms with Gasteiger partial charge in [-0.25, -0.2) is 4.57 Å². The van der Waals surface area contributed by atoms with Crippen molar-refractivity contribution < 1.29 is 38.7 Å². The van der Waals surface area contributed by atoms with Gasteiger partial charge >= 0.3 is 27.3 Å². The Kier molecular flexibility index (Phi) is 4.66. The number of hydrogen-bond acceptors (Lipinski definition) is 1. The second-order valence-corrected chi connectivity index (χ2v) is 1.54. The first-order valence-corrected chi connectivity index (χ1v) is 2.35. The number of phosphoric acid groups is 1. The van der Waals surface area contributed by atoms with Gasteiger partial charge in [0.05, 0.1) is 0 Å². The fraction of sp³-hybridized carbons (Fsp3) is 0. The maximum atomic E-state index is 8.88. The minimum Gasteiger partial charge on any atom is -0.303 e. The van der Waals surface area contributed by atoms with Crippen LogP contribution >= 0.6 is 7.82 Å². The standard InChI is InChI=1S/H3O4P.Zn/c1-5(2,3)4;/h(H3,1,2,3,4);/q;+2. The molecule has 0 aliphatic rings. The first kappa shape index (κ1) is 9.88. The van der Waals surface area contributed by atoms with Crippen molar-refractivity contribution in [2.75, 3.05) is 0 Å². The van der Waals surface area contributed by atoms with Gasteiger partial charge in [0.15, 0.2) is 0 Å². The Morgan fingerprint density at radius 1 is 1.17 bits per heavy atom. The third-order valence-electron chi connectivity index (χ3n) is 0. The van der Waals surface area contributed by atoms with E-state index in [0.717, 1.165) is 0 Å². The van der Waals surface area contributed by atoms with E-state index >= 15 is 0 Å². The van der Waals surface area contributed by atoms with Crippen molar-refractivity contribution in [1.82, 2.24) is 0 Å². The van der Waals surface area contributed by atoms with Gasteiger partial charge in [0.1, 0.15) is 0 Å². The Balaban J connectivity index is 0. The van der Waals surface area contributed by atoms with E-state index in [0.29, 0.717) is 0 Å². The summed E-state index contributed by atoms with van der Waals surface area (Å²) in [5.41, 5.74) is 0. The van der Waals surface area contributed by atoms with Crippen LogP contribution in [0.4, 0.5) is 0 Å². The van der Waals surface area contributed by atoms with Gasteiger partial charge in [-0.05, 0) is 0 Å². The van der Waals surface area contributed by atoms with Gasteiger partial charge in [-0.2, -0.15) is 0 Å². The van der Waals surface area contributed by atoms with Gasteiger partial charge in [0, 0.05) is 0 Å². The van der Waals surface area contributed by atoms with Crippen LogP contribution in [-0.4, -0.2) is 14.7 Å². The fourth-order valence-electron chi connectivity index (χ4n) is 0. The molecule has 0 bridgehead atoms. The zero-order chi connectivity index (χ0) is 4.50. The summed E-state index contributed by atoms with van der Waals surface area (Å²) in [5, 5.41) is 0. The van der Waals surface area contributed by atoms with E-state index in [-0.39, 0.29) is 19.5 Å². The van der Waals surface area contributed by atoms with Crippen molar-refractivity contribution in [2.24, 2.45) is 0 Å². The SMILES string of the molecule is O=P(O)(O)O.[Zn+2]. The summed E-state index contributed by atoms with van der Waals surface area (Å²) in [6.07, 6.45) is 0. The van der Waals surface area contributed by atoms with Crippen molar-refractivity contribution in [1.29, 1.82) is 0 Å². The van der Waals surface area contributed by atoms with Gasteiger partial charge in [-0.3, -0.25) is 0 Å². The summed E-state index contributed by atoms with van der Waals surface area (Å²) in [7, 11) is -4.64. The van der Waals surface area contributed by atoms with Crippen molar-refractivity contribution in [3.63, 3.8) is 0 Å². The third kappa shape index (κ3) is 123. The van der Waals surface area contributed by atoms with Crippen LogP contribution in [0.15, 0.2) is 0 Å². The molecule has 0 rings (SSSR count). The van der Waals surface area contributed by atoms with Crippen LogP contribution in [0.5, 0.6) is 0 Å². The summed E-state index contributed by atoms with van der Waals surface area (Å²) in [5.74, 6) is 0. The quantitative estimate of drug-likeness (QED) is 0.318. The molecule has 0 saturated carbocycles. The summed E-state index contributed by atoms with van der Waals surface area (Å²) in [6.45, 7) is 0. The van der Waals surface area contributed by atoms with E-state index in [1.807, 2.05) is 0 Å². The molecule has 0 spiro atoms. The zero-order valence-corrected chi connectivity index (χ0v) is 6.77. The van der Waals surface area contributed by atoms with Crippen LogP contribution in [0.1, 0.15) is 0 Å². The molecule has 0 aliphatic carbocycles. The molecule has 0 aromatic heterocycles. The second-order valence-electron chi connectivity index (χ2n) is 0.513. The summed E-state index contributed by atoms with van der Waals surface area (Å²) in [6, 6.07) is 0. The molecule has 0 aromatic carbocycles. The van der Waals surface area contributed by atoms with Crippen LogP contribution in [-0.2, 0) is 24.0 Å². The van der Waals surface area contributed by atoms with Crippen LogP contribution in [0.2, 0.25) is 0 Å². The number of rotatable bonds is 0. The van der Waals surface area contributed by atoms with Crippen molar-refractivity contribution in [3.8, 4) is 0 Å². The van der Waals surface area contributed by atoms with Crippen LogP contribution in [0, 0.1) is 0 Å². The van der Waals surface area contributed by atoms with E-state index < -0.39 is 7.82 Å². The Hall–Kier alpha value is 0.733. The van der Waals surface area contributed by atoms with Gasteiger partial charge in [0.25, 0.3) is 0 Å². The summed E-state index contributed by atoms with van der Waals surface area (Å²) >= 11 is 0. The fourth-order valence-corrected chi connectivity index (χ4v) is 0. The predicted octanol–water partition coefficient (Wildman–Crippen LogP) is -0.931. The van der Waals surface area contributed by atoms with Gasteiger partial charge in [-0.15, -0.1) is 0 Å². The summed E-state index contributed by atoms with van der Waals surface area (Å²) < 4.78 is 8.88. The van der Waals surface area contributed by atoms with Gasteiger partial charge in [0.2, 0.25) is 0 Å². The Morgan fingerprint density at radius 3 is 1.17 bits per heavy atom. The molecule has 0 heterocycles. The third-order valence-corrected chi connectivity index (χ3v) is 0. The maximum Gasteiger partial charge on any atom is 2.00 e.